The highest BCUT2D eigenvalue weighted by atomic mass is 127. The van der Waals surface area contributed by atoms with E-state index in [1.54, 1.807) is 0 Å². The topological polar surface area (TPSA) is 61.6 Å². The Bertz CT molecular complexity index is 766. The van der Waals surface area contributed by atoms with Crippen molar-refractivity contribution in [1.82, 2.24) is 15.2 Å². The smallest absolute Gasteiger partial charge is 0.191 e. The molecule has 0 spiro atoms. The highest BCUT2D eigenvalue weighted by molar-refractivity contribution is 14.0. The molecule has 0 amide bonds. The molecule has 1 aromatic carbocycles. The van der Waals surface area contributed by atoms with Gasteiger partial charge in [0, 0.05) is 36.6 Å². The Hall–Kier alpha value is -0.930. The van der Waals surface area contributed by atoms with Crippen LogP contribution in [0.2, 0.25) is 0 Å². The lowest BCUT2D eigenvalue weighted by molar-refractivity contribution is -0.0154. The van der Waals surface area contributed by atoms with E-state index in [9.17, 15) is 5.11 Å². The number of nitrogens with one attached hydrogen (secondary N) is 2. The number of guanidine groups is 1. The molecule has 28 heavy (non-hydrogen) atoms. The van der Waals surface area contributed by atoms with Crippen molar-refractivity contribution in [2.24, 2.45) is 4.99 Å². The second-order valence-corrected chi connectivity index (χ2v) is 8.61. The van der Waals surface area contributed by atoms with Gasteiger partial charge in [-0.1, -0.05) is 25.1 Å². The molecule has 0 radical (unpaired) electrons. The number of halogens is 1. The van der Waals surface area contributed by atoms with Crippen LogP contribution in [0.1, 0.15) is 33.1 Å². The minimum Gasteiger partial charge on any atom is -0.387 e. The molecule has 1 aromatic heterocycles. The van der Waals surface area contributed by atoms with E-state index < -0.39 is 5.60 Å². The fourth-order valence-corrected chi connectivity index (χ4v) is 4.75. The van der Waals surface area contributed by atoms with Gasteiger partial charge < -0.3 is 20.3 Å². The first kappa shape index (κ1) is 23.3. The monoisotopic (exact) mass is 516 g/mol. The van der Waals surface area contributed by atoms with E-state index in [0.29, 0.717) is 11.8 Å². The van der Waals surface area contributed by atoms with Gasteiger partial charge in [-0.25, -0.2) is 0 Å². The highest BCUT2D eigenvalue weighted by Crippen LogP contribution is 2.41. The third kappa shape index (κ3) is 5.79. The Morgan fingerprint density at radius 3 is 2.82 bits per heavy atom. The average Bonchev–Trinajstić information content (AvgIpc) is 3.09. The fraction of sp³-hybridized carbons (Fsp3) is 0.571. The van der Waals surface area contributed by atoms with Gasteiger partial charge in [-0.3, -0.25) is 4.99 Å². The summed E-state index contributed by atoms with van der Waals surface area (Å²) in [7, 11) is 0. The van der Waals surface area contributed by atoms with Crippen LogP contribution in [0.4, 0.5) is 0 Å². The summed E-state index contributed by atoms with van der Waals surface area (Å²) in [6.07, 6.45) is 5.12. The minimum atomic E-state index is -0.632. The lowest BCUT2D eigenvalue weighted by atomic mass is 9.79. The zero-order valence-electron chi connectivity index (χ0n) is 16.9. The van der Waals surface area contributed by atoms with Gasteiger partial charge in [0.25, 0.3) is 0 Å². The Labute approximate surface area is 189 Å². The molecule has 0 bridgehead atoms. The number of rotatable bonds is 9. The Balaban J connectivity index is 0.00000280. The van der Waals surface area contributed by atoms with Crippen molar-refractivity contribution in [3.8, 4) is 0 Å². The maximum absolute atomic E-state index is 10.7. The molecule has 3 N–H and O–H groups in total. The van der Waals surface area contributed by atoms with Crippen LogP contribution in [-0.4, -0.2) is 51.9 Å². The van der Waals surface area contributed by atoms with E-state index >= 15 is 0 Å². The van der Waals surface area contributed by atoms with Gasteiger partial charge in [-0.05, 0) is 49.5 Å². The number of aryl methyl sites for hydroxylation is 1. The molecule has 1 saturated carbocycles. The van der Waals surface area contributed by atoms with Crippen molar-refractivity contribution in [3.05, 3.63) is 36.5 Å². The van der Waals surface area contributed by atoms with Gasteiger partial charge in [-0.2, -0.15) is 11.8 Å². The zero-order valence-corrected chi connectivity index (χ0v) is 20.0. The van der Waals surface area contributed by atoms with Gasteiger partial charge in [0.05, 0.1) is 12.1 Å². The van der Waals surface area contributed by atoms with Crippen molar-refractivity contribution in [3.63, 3.8) is 0 Å². The molecule has 1 fully saturated rings. The first-order valence-electron chi connectivity index (χ1n) is 10.1. The lowest BCUT2D eigenvalue weighted by Gasteiger charge is -2.44. The number of para-hydroxylation sites is 1. The zero-order chi connectivity index (χ0) is 19.1. The summed E-state index contributed by atoms with van der Waals surface area (Å²) in [5, 5.41) is 19.0. The Kier molecular flexibility index (Phi) is 9.43. The fourth-order valence-electron chi connectivity index (χ4n) is 3.57. The van der Waals surface area contributed by atoms with Crippen LogP contribution in [0.3, 0.4) is 0 Å². The van der Waals surface area contributed by atoms with Crippen molar-refractivity contribution in [2.75, 3.05) is 25.4 Å². The van der Waals surface area contributed by atoms with Crippen LogP contribution in [0.15, 0.2) is 41.5 Å². The SMILES string of the molecule is CCNC(=NCC1(O)CCC1SCC)NCCCn1ccc2ccccc21.I. The number of aliphatic imine (C=N–C) groups is 1. The third-order valence-corrected chi connectivity index (χ3v) is 6.62. The summed E-state index contributed by atoms with van der Waals surface area (Å²) in [6.45, 7) is 7.33. The standard InChI is InChI=1S/C21H32N4OS.HI/c1-3-22-20(24-16-21(26)12-10-19(21)27-4-2)23-13-7-14-25-15-11-17-8-5-6-9-18(17)25;/h5-6,8-9,11,15,19,26H,3-4,7,10,12-14,16H2,1-2H3,(H2,22,23,24);1H. The minimum absolute atomic E-state index is 0. The van der Waals surface area contributed by atoms with Crippen LogP contribution in [-0.2, 0) is 6.54 Å². The second-order valence-electron chi connectivity index (χ2n) is 7.13. The molecule has 1 aliphatic rings. The van der Waals surface area contributed by atoms with Crippen molar-refractivity contribution in [1.29, 1.82) is 0 Å². The predicted octanol–water partition coefficient (Wildman–Crippen LogP) is 3.85. The molecular weight excluding hydrogens is 483 g/mol. The molecule has 2 unspecified atom stereocenters. The summed E-state index contributed by atoms with van der Waals surface area (Å²) in [5.41, 5.74) is 0.650. The summed E-state index contributed by atoms with van der Waals surface area (Å²) in [6, 6.07) is 10.6. The predicted molar refractivity (Wildman–Crippen MR) is 132 cm³/mol. The molecule has 7 heteroatoms. The first-order valence-corrected chi connectivity index (χ1v) is 11.1. The number of thioether (sulfide) groups is 1. The van der Waals surface area contributed by atoms with Gasteiger partial charge in [-0.15, -0.1) is 24.0 Å². The largest absolute Gasteiger partial charge is 0.387 e. The van der Waals surface area contributed by atoms with Gasteiger partial charge in [0.2, 0.25) is 0 Å². The van der Waals surface area contributed by atoms with Crippen LogP contribution in [0.5, 0.6) is 0 Å². The van der Waals surface area contributed by atoms with Crippen LogP contribution in [0.25, 0.3) is 10.9 Å². The number of aromatic nitrogens is 1. The maximum Gasteiger partial charge on any atom is 0.191 e. The molecule has 1 heterocycles. The number of aliphatic hydroxyl groups is 1. The first-order chi connectivity index (χ1) is 13.2. The summed E-state index contributed by atoms with van der Waals surface area (Å²) in [5.74, 6) is 1.85. The number of hydrogen-bond acceptors (Lipinski definition) is 3. The van der Waals surface area contributed by atoms with E-state index in [1.165, 1.54) is 10.9 Å². The van der Waals surface area contributed by atoms with E-state index in [-0.39, 0.29) is 24.0 Å². The second kappa shape index (κ2) is 11.3. The van der Waals surface area contributed by atoms with E-state index in [1.807, 2.05) is 11.8 Å². The van der Waals surface area contributed by atoms with Gasteiger partial charge in [0.15, 0.2) is 5.96 Å². The van der Waals surface area contributed by atoms with Gasteiger partial charge in [0.1, 0.15) is 0 Å². The molecule has 0 saturated heterocycles. The Morgan fingerprint density at radius 2 is 2.11 bits per heavy atom. The van der Waals surface area contributed by atoms with E-state index in [0.717, 1.165) is 50.6 Å². The normalized spacial score (nSPS) is 21.8. The molecule has 2 atom stereocenters. The quantitative estimate of drug-likeness (QED) is 0.205. The van der Waals surface area contributed by atoms with Gasteiger partial charge >= 0.3 is 0 Å². The number of hydrogen-bond donors (Lipinski definition) is 3. The summed E-state index contributed by atoms with van der Waals surface area (Å²) >= 11 is 1.85. The number of fused-ring (bicyclic) bond motifs is 1. The van der Waals surface area contributed by atoms with Crippen LogP contribution >= 0.6 is 35.7 Å². The molecular formula is C21H33IN4OS. The molecule has 0 aliphatic heterocycles. The average molecular weight is 516 g/mol. The molecule has 3 rings (SSSR count). The Morgan fingerprint density at radius 1 is 1.29 bits per heavy atom. The van der Waals surface area contributed by atoms with Crippen LogP contribution < -0.4 is 10.6 Å². The highest BCUT2D eigenvalue weighted by Gasteiger charge is 2.45. The number of benzene rings is 1. The van der Waals surface area contributed by atoms with Crippen molar-refractivity contribution in [2.45, 2.75) is 50.5 Å². The molecule has 5 nitrogen and oxygen atoms in total. The van der Waals surface area contributed by atoms with E-state index in [4.69, 9.17) is 0 Å². The van der Waals surface area contributed by atoms with Crippen molar-refractivity contribution >= 4 is 52.6 Å². The maximum atomic E-state index is 10.7. The summed E-state index contributed by atoms with van der Waals surface area (Å²) < 4.78 is 2.30. The molecule has 1 aliphatic carbocycles. The summed E-state index contributed by atoms with van der Waals surface area (Å²) in [4.78, 5) is 4.65. The molecule has 156 valence electrons. The lowest BCUT2D eigenvalue weighted by Crippen LogP contribution is -2.53. The molecule has 2 aromatic rings. The third-order valence-electron chi connectivity index (χ3n) is 5.21. The van der Waals surface area contributed by atoms with E-state index in [2.05, 4.69) is 70.6 Å². The number of nitrogens with zero attached hydrogens (tertiary/aromatic N) is 2. The van der Waals surface area contributed by atoms with Crippen molar-refractivity contribution < 1.29 is 5.11 Å². The van der Waals surface area contributed by atoms with Crippen LogP contribution in [0, 0.1) is 0 Å².